The van der Waals surface area contributed by atoms with Crippen LogP contribution in [0.3, 0.4) is 0 Å². The Bertz CT molecular complexity index is 939. The van der Waals surface area contributed by atoms with Gasteiger partial charge in [-0.3, -0.25) is 14.4 Å². The first-order chi connectivity index (χ1) is 14.1. The molecule has 3 amide bonds. The lowest BCUT2D eigenvalue weighted by Gasteiger charge is -2.34. The number of nitrogens with zero attached hydrogens (tertiary/aromatic N) is 2. The Morgan fingerprint density at radius 1 is 0.933 bits per heavy atom. The van der Waals surface area contributed by atoms with Crippen LogP contribution in [-0.2, 0) is 20.6 Å². The first-order valence-corrected chi connectivity index (χ1v) is 8.82. The zero-order valence-corrected chi connectivity index (χ0v) is 16.1. The van der Waals surface area contributed by atoms with Gasteiger partial charge < -0.3 is 19.9 Å². The molecule has 1 aliphatic heterocycles. The van der Waals surface area contributed by atoms with Crippen LogP contribution in [-0.4, -0.2) is 48.3 Å². The molecule has 1 aliphatic rings. The van der Waals surface area contributed by atoms with E-state index in [0.29, 0.717) is 11.4 Å². The summed E-state index contributed by atoms with van der Waals surface area (Å²) in [6.07, 6.45) is -4.43. The minimum atomic E-state index is -4.43. The molecule has 7 nitrogen and oxygen atoms in total. The van der Waals surface area contributed by atoms with Crippen LogP contribution in [0.1, 0.15) is 5.56 Å². The number of hydrogen-bond acceptors (Lipinski definition) is 4. The van der Waals surface area contributed by atoms with Crippen LogP contribution in [0.5, 0.6) is 11.5 Å². The third kappa shape index (κ3) is 4.53. The monoisotopic (exact) mass is 421 g/mol. The van der Waals surface area contributed by atoms with Gasteiger partial charge in [0.05, 0.1) is 12.2 Å². The summed E-state index contributed by atoms with van der Waals surface area (Å²) in [6, 6.07) is 10.2. The largest absolute Gasteiger partial charge is 0.457 e. The minimum absolute atomic E-state index is 0.109. The van der Waals surface area contributed by atoms with Gasteiger partial charge in [0.1, 0.15) is 11.5 Å². The molecule has 0 bridgehead atoms. The number of alkyl halides is 3. The lowest BCUT2D eigenvalue weighted by atomic mass is 10.0. The van der Waals surface area contributed by atoms with Gasteiger partial charge in [-0.2, -0.15) is 13.2 Å². The van der Waals surface area contributed by atoms with Crippen LogP contribution < -0.4 is 10.1 Å². The van der Waals surface area contributed by atoms with E-state index in [-0.39, 0.29) is 12.4 Å². The maximum atomic E-state index is 12.6. The molecule has 158 valence electrons. The summed E-state index contributed by atoms with van der Waals surface area (Å²) in [5.41, 5.74) is -0.452. The number of carbonyl (C=O) groups is 3. The molecule has 2 aromatic rings. The Hall–Kier alpha value is -3.56. The van der Waals surface area contributed by atoms with Crippen molar-refractivity contribution < 1.29 is 32.3 Å². The molecule has 0 unspecified atom stereocenters. The quantitative estimate of drug-likeness (QED) is 0.770. The van der Waals surface area contributed by atoms with Crippen molar-refractivity contribution in [2.45, 2.75) is 6.18 Å². The topological polar surface area (TPSA) is 79.0 Å². The highest BCUT2D eigenvalue weighted by Gasteiger charge is 2.42. The third-order valence-electron chi connectivity index (χ3n) is 4.47. The van der Waals surface area contributed by atoms with E-state index in [9.17, 15) is 27.6 Å². The predicted octanol–water partition coefficient (Wildman–Crippen LogP) is 2.94. The number of ether oxygens (including phenoxy) is 1. The summed E-state index contributed by atoms with van der Waals surface area (Å²) >= 11 is 0. The third-order valence-corrected chi connectivity index (χ3v) is 4.47. The van der Waals surface area contributed by atoms with E-state index in [0.717, 1.165) is 12.1 Å². The van der Waals surface area contributed by atoms with Crippen molar-refractivity contribution in [3.05, 3.63) is 54.1 Å². The fourth-order valence-corrected chi connectivity index (χ4v) is 2.90. The summed E-state index contributed by atoms with van der Waals surface area (Å²) in [4.78, 5) is 39.4. The van der Waals surface area contributed by atoms with Crippen LogP contribution in [0, 0.1) is 5.92 Å². The van der Waals surface area contributed by atoms with Crippen LogP contribution in [0.15, 0.2) is 48.5 Å². The van der Waals surface area contributed by atoms with Gasteiger partial charge in [0.2, 0.25) is 17.7 Å². The Morgan fingerprint density at radius 2 is 1.40 bits per heavy atom. The molecule has 10 heteroatoms. The summed E-state index contributed by atoms with van der Waals surface area (Å²) in [5, 5.41) is 2.51. The average Bonchev–Trinajstić information content (AvgIpc) is 2.68. The van der Waals surface area contributed by atoms with Crippen molar-refractivity contribution in [2.24, 2.45) is 5.92 Å². The fraction of sp³-hybridized carbons (Fsp3) is 0.250. The predicted molar refractivity (Wildman–Crippen MR) is 100 cm³/mol. The van der Waals surface area contributed by atoms with Gasteiger partial charge >= 0.3 is 6.18 Å². The number of carbonyl (C=O) groups excluding carboxylic acids is 3. The molecule has 0 radical (unpaired) electrons. The molecule has 3 rings (SSSR count). The van der Waals surface area contributed by atoms with E-state index in [1.54, 1.807) is 0 Å². The highest BCUT2D eigenvalue weighted by molar-refractivity contribution is 6.21. The van der Waals surface area contributed by atoms with E-state index in [2.05, 4.69) is 5.32 Å². The summed E-state index contributed by atoms with van der Waals surface area (Å²) in [5.74, 6) is -2.84. The van der Waals surface area contributed by atoms with Crippen LogP contribution in [0.25, 0.3) is 0 Å². The van der Waals surface area contributed by atoms with E-state index < -0.39 is 35.4 Å². The second-order valence-electron chi connectivity index (χ2n) is 6.78. The molecule has 0 aliphatic carbocycles. The summed E-state index contributed by atoms with van der Waals surface area (Å²) < 4.78 is 43.3. The first kappa shape index (κ1) is 21.2. The maximum absolute atomic E-state index is 12.6. The number of benzene rings is 2. The molecule has 0 aromatic heterocycles. The minimum Gasteiger partial charge on any atom is -0.457 e. The van der Waals surface area contributed by atoms with E-state index >= 15 is 0 Å². The Labute approximate surface area is 170 Å². The smallest absolute Gasteiger partial charge is 0.416 e. The number of anilines is 1. The van der Waals surface area contributed by atoms with E-state index in [1.165, 1.54) is 60.3 Å². The maximum Gasteiger partial charge on any atom is 0.416 e. The number of rotatable bonds is 4. The number of nitrogens with one attached hydrogen (secondary N) is 1. The van der Waals surface area contributed by atoms with Gasteiger partial charge in [-0.25, -0.2) is 0 Å². The molecule has 30 heavy (non-hydrogen) atoms. The molecule has 0 atom stereocenters. The zero-order valence-electron chi connectivity index (χ0n) is 16.1. The molecule has 0 spiro atoms. The molecule has 2 aromatic carbocycles. The Kier molecular flexibility index (Phi) is 5.68. The normalized spacial score (nSPS) is 15.4. The zero-order chi connectivity index (χ0) is 22.1. The van der Waals surface area contributed by atoms with Gasteiger partial charge in [0, 0.05) is 19.8 Å². The van der Waals surface area contributed by atoms with Crippen molar-refractivity contribution >= 4 is 23.4 Å². The average molecular weight is 421 g/mol. The van der Waals surface area contributed by atoms with Crippen molar-refractivity contribution in [2.75, 3.05) is 26.1 Å². The molecular formula is C20H18F3N3O4. The Balaban J connectivity index is 1.65. The van der Waals surface area contributed by atoms with Crippen LogP contribution >= 0.6 is 0 Å². The second kappa shape index (κ2) is 8.05. The van der Waals surface area contributed by atoms with Gasteiger partial charge in [-0.05, 0) is 48.5 Å². The molecular weight excluding hydrogens is 403 g/mol. The molecule has 0 saturated carbocycles. The first-order valence-electron chi connectivity index (χ1n) is 8.82. The van der Waals surface area contributed by atoms with E-state index in [1.807, 2.05) is 0 Å². The molecule has 1 saturated heterocycles. The Morgan fingerprint density at radius 3 is 1.87 bits per heavy atom. The highest BCUT2D eigenvalue weighted by atomic mass is 19.4. The van der Waals surface area contributed by atoms with Gasteiger partial charge in [0.15, 0.2) is 5.92 Å². The van der Waals surface area contributed by atoms with Crippen molar-refractivity contribution in [1.29, 1.82) is 0 Å². The number of halogens is 3. The molecule has 1 fully saturated rings. The van der Waals surface area contributed by atoms with Crippen molar-refractivity contribution in [3.63, 3.8) is 0 Å². The lowest BCUT2D eigenvalue weighted by Crippen LogP contribution is -2.57. The van der Waals surface area contributed by atoms with Gasteiger partial charge in [0.25, 0.3) is 0 Å². The van der Waals surface area contributed by atoms with Gasteiger partial charge in [-0.15, -0.1) is 0 Å². The SMILES string of the molecule is CN1CN(C)C(=O)C(C(=O)Nc2ccc(Oc3ccc(C(F)(F)F)cc3)cc2)C1=O. The highest BCUT2D eigenvalue weighted by Crippen LogP contribution is 2.31. The number of hydrogen-bond donors (Lipinski definition) is 1. The van der Waals surface area contributed by atoms with Crippen molar-refractivity contribution in [3.8, 4) is 11.5 Å². The second-order valence-corrected chi connectivity index (χ2v) is 6.78. The van der Waals surface area contributed by atoms with Crippen LogP contribution in [0.4, 0.5) is 18.9 Å². The molecule has 1 heterocycles. The fourth-order valence-electron chi connectivity index (χ4n) is 2.90. The standard InChI is InChI=1S/C20H18F3N3O4/c1-25-11-26(2)19(29)16(18(25)28)17(27)24-13-5-9-15(10-6-13)30-14-7-3-12(4-8-14)20(21,22)23/h3-10,16H,11H2,1-2H3,(H,24,27). The van der Waals surface area contributed by atoms with Gasteiger partial charge in [-0.1, -0.05) is 0 Å². The number of amides is 3. The van der Waals surface area contributed by atoms with Crippen molar-refractivity contribution in [1.82, 2.24) is 9.80 Å². The van der Waals surface area contributed by atoms with E-state index in [4.69, 9.17) is 4.74 Å². The van der Waals surface area contributed by atoms with Crippen LogP contribution in [0.2, 0.25) is 0 Å². The summed E-state index contributed by atoms with van der Waals surface area (Å²) in [7, 11) is 3.00. The summed E-state index contributed by atoms with van der Waals surface area (Å²) in [6.45, 7) is 0.109. The molecule has 1 N–H and O–H groups in total. The lowest BCUT2D eigenvalue weighted by molar-refractivity contribution is -0.158.